The number of piperidine rings is 1. The van der Waals surface area contributed by atoms with Crippen molar-refractivity contribution in [3.63, 3.8) is 0 Å². The maximum Gasteiger partial charge on any atom is 0.253 e. The molecule has 1 N–H and O–H groups in total. The molecule has 0 saturated carbocycles. The van der Waals surface area contributed by atoms with Crippen LogP contribution in [0.1, 0.15) is 29.6 Å². The van der Waals surface area contributed by atoms with E-state index in [0.717, 1.165) is 31.5 Å². The number of fused-ring (bicyclic) bond motifs is 3. The van der Waals surface area contributed by atoms with Crippen LogP contribution in [0.2, 0.25) is 0 Å². The van der Waals surface area contributed by atoms with Crippen LogP contribution in [0.5, 0.6) is 5.75 Å². The van der Waals surface area contributed by atoms with Gasteiger partial charge in [-0.2, -0.15) is 0 Å². The zero-order valence-electron chi connectivity index (χ0n) is 18.6. The summed E-state index contributed by atoms with van der Waals surface area (Å²) in [6.45, 7) is 0.665. The van der Waals surface area contributed by atoms with Crippen LogP contribution in [0.3, 0.4) is 0 Å². The number of amides is 3. The van der Waals surface area contributed by atoms with Crippen molar-refractivity contribution >= 4 is 34.8 Å². The van der Waals surface area contributed by atoms with Gasteiger partial charge in [0.25, 0.3) is 5.91 Å². The van der Waals surface area contributed by atoms with Crippen molar-refractivity contribution in [1.82, 2.24) is 4.90 Å². The molecule has 2 aliphatic rings. The van der Waals surface area contributed by atoms with Gasteiger partial charge < -0.3 is 19.9 Å². The molecule has 168 valence electrons. The van der Waals surface area contributed by atoms with Crippen molar-refractivity contribution in [2.75, 3.05) is 49.4 Å². The molecule has 0 aliphatic carbocycles. The fourth-order valence-corrected chi connectivity index (χ4v) is 4.33. The monoisotopic (exact) mass is 436 g/mol. The molecule has 8 nitrogen and oxygen atoms in total. The molecular weight excluding hydrogens is 408 g/mol. The van der Waals surface area contributed by atoms with Crippen LogP contribution in [0.4, 0.5) is 17.1 Å². The minimum absolute atomic E-state index is 0.100. The van der Waals surface area contributed by atoms with E-state index < -0.39 is 0 Å². The minimum atomic E-state index is -0.303. The van der Waals surface area contributed by atoms with Gasteiger partial charge in [-0.05, 0) is 61.7 Å². The molecule has 2 aromatic carbocycles. The SMILES string of the molecule is COc1ccc(NC(=O)CN2C(=O)C3CCCCN3c3ccc(C(=O)N(C)C)cc32)cc1. The molecule has 1 saturated heterocycles. The lowest BCUT2D eigenvalue weighted by atomic mass is 9.95. The quantitative estimate of drug-likeness (QED) is 0.780. The van der Waals surface area contributed by atoms with E-state index in [1.807, 2.05) is 6.07 Å². The average molecular weight is 437 g/mol. The molecule has 2 aliphatic heterocycles. The van der Waals surface area contributed by atoms with Crippen molar-refractivity contribution in [1.29, 1.82) is 0 Å². The first-order valence-electron chi connectivity index (χ1n) is 10.8. The molecule has 2 aromatic rings. The number of rotatable bonds is 5. The Balaban J connectivity index is 1.63. The first-order valence-corrected chi connectivity index (χ1v) is 10.8. The van der Waals surface area contributed by atoms with Gasteiger partial charge in [0.1, 0.15) is 18.3 Å². The van der Waals surface area contributed by atoms with Gasteiger partial charge in [0, 0.05) is 31.9 Å². The number of carbonyl (C=O) groups is 3. The maximum atomic E-state index is 13.4. The van der Waals surface area contributed by atoms with Gasteiger partial charge in [-0.15, -0.1) is 0 Å². The molecule has 1 fully saturated rings. The highest BCUT2D eigenvalue weighted by molar-refractivity contribution is 6.11. The number of benzene rings is 2. The van der Waals surface area contributed by atoms with Crippen LogP contribution in [-0.2, 0) is 9.59 Å². The molecule has 0 bridgehead atoms. The van der Waals surface area contributed by atoms with Crippen molar-refractivity contribution in [3.05, 3.63) is 48.0 Å². The van der Waals surface area contributed by atoms with E-state index in [1.54, 1.807) is 57.6 Å². The highest BCUT2D eigenvalue weighted by Gasteiger charge is 2.40. The minimum Gasteiger partial charge on any atom is -0.497 e. The number of nitrogens with zero attached hydrogens (tertiary/aromatic N) is 3. The molecule has 4 rings (SSSR count). The van der Waals surface area contributed by atoms with Gasteiger partial charge in [-0.3, -0.25) is 19.3 Å². The third-order valence-corrected chi connectivity index (χ3v) is 5.96. The summed E-state index contributed by atoms with van der Waals surface area (Å²) >= 11 is 0. The van der Waals surface area contributed by atoms with E-state index in [9.17, 15) is 14.4 Å². The summed E-state index contributed by atoms with van der Waals surface area (Å²) in [5, 5.41) is 2.84. The Labute approximate surface area is 187 Å². The van der Waals surface area contributed by atoms with Gasteiger partial charge in [0.05, 0.1) is 18.5 Å². The largest absolute Gasteiger partial charge is 0.497 e. The number of ether oxygens (including phenoxy) is 1. The molecule has 8 heteroatoms. The predicted octanol–water partition coefficient (Wildman–Crippen LogP) is 2.74. The van der Waals surface area contributed by atoms with Crippen LogP contribution in [0.25, 0.3) is 0 Å². The maximum absolute atomic E-state index is 13.4. The first kappa shape index (κ1) is 21.7. The van der Waals surface area contributed by atoms with Crippen LogP contribution >= 0.6 is 0 Å². The average Bonchev–Trinajstić information content (AvgIpc) is 2.81. The van der Waals surface area contributed by atoms with Crippen LogP contribution in [-0.4, -0.2) is 63.0 Å². The summed E-state index contributed by atoms with van der Waals surface area (Å²) in [6, 6.07) is 12.1. The van der Waals surface area contributed by atoms with Crippen LogP contribution in [0.15, 0.2) is 42.5 Å². The second-order valence-corrected chi connectivity index (χ2v) is 8.31. The number of hydrogen-bond acceptors (Lipinski definition) is 5. The Hall–Kier alpha value is -3.55. The predicted molar refractivity (Wildman–Crippen MR) is 123 cm³/mol. The van der Waals surface area contributed by atoms with E-state index in [2.05, 4.69) is 10.2 Å². The molecular formula is C24H28N4O4. The topological polar surface area (TPSA) is 82.2 Å². The Bertz CT molecular complexity index is 1030. The fourth-order valence-electron chi connectivity index (χ4n) is 4.33. The van der Waals surface area contributed by atoms with Gasteiger partial charge >= 0.3 is 0 Å². The van der Waals surface area contributed by atoms with E-state index in [0.29, 0.717) is 22.7 Å². The molecule has 0 aromatic heterocycles. The molecule has 0 radical (unpaired) electrons. The van der Waals surface area contributed by atoms with Gasteiger partial charge in [0.15, 0.2) is 0 Å². The summed E-state index contributed by atoms with van der Waals surface area (Å²) in [4.78, 5) is 43.9. The summed E-state index contributed by atoms with van der Waals surface area (Å²) < 4.78 is 5.15. The smallest absolute Gasteiger partial charge is 0.253 e. The molecule has 3 amide bonds. The van der Waals surface area contributed by atoms with Gasteiger partial charge in [-0.1, -0.05) is 0 Å². The van der Waals surface area contributed by atoms with E-state index in [-0.39, 0.29) is 30.3 Å². The van der Waals surface area contributed by atoms with Crippen molar-refractivity contribution in [2.24, 2.45) is 0 Å². The van der Waals surface area contributed by atoms with Crippen molar-refractivity contribution in [3.8, 4) is 5.75 Å². The lowest BCUT2D eigenvalue weighted by Gasteiger charge is -2.45. The molecule has 2 heterocycles. The highest BCUT2D eigenvalue weighted by Crippen LogP contribution is 2.40. The first-order chi connectivity index (χ1) is 15.4. The highest BCUT2D eigenvalue weighted by atomic mass is 16.5. The zero-order chi connectivity index (χ0) is 22.8. The van der Waals surface area contributed by atoms with Crippen molar-refractivity contribution < 1.29 is 19.1 Å². The number of methoxy groups -OCH3 is 1. The number of hydrogen-bond donors (Lipinski definition) is 1. The number of anilines is 3. The van der Waals surface area contributed by atoms with Crippen LogP contribution < -0.4 is 19.9 Å². The third kappa shape index (κ3) is 4.12. The summed E-state index contributed by atoms with van der Waals surface area (Å²) in [6.07, 6.45) is 2.75. The summed E-state index contributed by atoms with van der Waals surface area (Å²) in [5.41, 5.74) is 2.60. The van der Waals surface area contributed by atoms with Crippen molar-refractivity contribution in [2.45, 2.75) is 25.3 Å². The second kappa shape index (κ2) is 8.90. The zero-order valence-corrected chi connectivity index (χ0v) is 18.6. The van der Waals surface area contributed by atoms with Gasteiger partial charge in [-0.25, -0.2) is 0 Å². The van der Waals surface area contributed by atoms with E-state index in [1.165, 1.54) is 9.80 Å². The Morgan fingerprint density at radius 2 is 1.84 bits per heavy atom. The molecule has 0 spiro atoms. The third-order valence-electron chi connectivity index (χ3n) is 5.96. The Morgan fingerprint density at radius 1 is 1.09 bits per heavy atom. The van der Waals surface area contributed by atoms with Crippen LogP contribution in [0, 0.1) is 0 Å². The van der Waals surface area contributed by atoms with Gasteiger partial charge in [0.2, 0.25) is 11.8 Å². The number of carbonyl (C=O) groups excluding carboxylic acids is 3. The summed E-state index contributed by atoms with van der Waals surface area (Å²) in [5.74, 6) is 0.141. The lowest BCUT2D eigenvalue weighted by Crippen LogP contribution is -2.56. The van der Waals surface area contributed by atoms with E-state index >= 15 is 0 Å². The summed E-state index contributed by atoms with van der Waals surface area (Å²) in [7, 11) is 4.96. The Morgan fingerprint density at radius 3 is 2.53 bits per heavy atom. The molecule has 1 atom stereocenters. The molecule has 1 unspecified atom stereocenters. The standard InChI is InChI=1S/C24H28N4O4/c1-26(2)23(30)16-7-12-19-21(14-16)28(24(31)20-6-4-5-13-27(19)20)15-22(29)25-17-8-10-18(32-3)11-9-17/h7-12,14,20H,4-6,13,15H2,1-3H3,(H,25,29). The second-order valence-electron chi connectivity index (χ2n) is 8.31. The fraction of sp³-hybridized carbons (Fsp3) is 0.375. The molecule has 32 heavy (non-hydrogen) atoms. The Kier molecular flexibility index (Phi) is 6.03. The normalized spacial score (nSPS) is 17.3. The lowest BCUT2D eigenvalue weighted by molar-refractivity contribution is -0.123. The number of nitrogens with one attached hydrogen (secondary N) is 1. The van der Waals surface area contributed by atoms with E-state index in [4.69, 9.17) is 4.74 Å².